The van der Waals surface area contributed by atoms with Crippen molar-refractivity contribution in [3.05, 3.63) is 28.8 Å². The third kappa shape index (κ3) is 1.45. The van der Waals surface area contributed by atoms with Gasteiger partial charge in [0.1, 0.15) is 11.8 Å². The maximum atomic E-state index is 11.5. The summed E-state index contributed by atoms with van der Waals surface area (Å²) in [5.41, 5.74) is 0.462. The van der Waals surface area contributed by atoms with Crippen LogP contribution in [-0.2, 0) is 0 Å². The molecule has 0 bridgehead atoms. The molecule has 1 aliphatic rings. The Morgan fingerprint density at radius 1 is 1.57 bits per heavy atom. The van der Waals surface area contributed by atoms with E-state index in [1.54, 1.807) is 18.2 Å². The number of hydrogen-bond donors (Lipinski definition) is 0. The Hall–Kier alpha value is -1.53. The molecule has 0 saturated carbocycles. The van der Waals surface area contributed by atoms with Crippen molar-refractivity contribution in [2.45, 2.75) is 12.5 Å². The van der Waals surface area contributed by atoms with E-state index in [9.17, 15) is 4.79 Å². The van der Waals surface area contributed by atoms with E-state index in [1.807, 2.05) is 6.07 Å². The van der Waals surface area contributed by atoms with Gasteiger partial charge in [0.2, 0.25) is 0 Å². The Balaban J connectivity index is 2.46. The molecular weight excluding hydrogens is 202 g/mol. The van der Waals surface area contributed by atoms with Gasteiger partial charge in [-0.1, -0.05) is 11.6 Å². The van der Waals surface area contributed by atoms with Gasteiger partial charge in [-0.2, -0.15) is 5.26 Å². The number of ether oxygens (including phenoxy) is 1. The predicted octanol–water partition coefficient (Wildman–Crippen LogP) is 2.20. The standard InChI is InChI=1S/C10H6ClNO2/c11-6-1-2-10-8(3-6)9(13)4-7(5-12)14-10/h1-3,7H,4H2/t7-/m0/s1. The fraction of sp³-hybridized carbons (Fsp3) is 0.200. The molecule has 0 amide bonds. The summed E-state index contributed by atoms with van der Waals surface area (Å²) >= 11 is 5.74. The van der Waals surface area contributed by atoms with E-state index >= 15 is 0 Å². The molecular formula is C10H6ClNO2. The minimum Gasteiger partial charge on any atom is -0.474 e. The van der Waals surface area contributed by atoms with Crippen LogP contribution in [0.4, 0.5) is 0 Å². The van der Waals surface area contributed by atoms with Gasteiger partial charge in [0.05, 0.1) is 12.0 Å². The number of hydrogen-bond acceptors (Lipinski definition) is 3. The number of nitriles is 1. The van der Waals surface area contributed by atoms with Crippen molar-refractivity contribution in [1.82, 2.24) is 0 Å². The summed E-state index contributed by atoms with van der Waals surface area (Å²) in [6, 6.07) is 6.72. The van der Waals surface area contributed by atoms with E-state index in [4.69, 9.17) is 21.6 Å². The molecule has 0 spiro atoms. The molecule has 3 nitrogen and oxygen atoms in total. The Labute approximate surface area is 85.9 Å². The fourth-order valence-corrected chi connectivity index (χ4v) is 1.54. The van der Waals surface area contributed by atoms with E-state index in [1.165, 1.54) is 0 Å². The smallest absolute Gasteiger partial charge is 0.191 e. The number of carbonyl (C=O) groups is 1. The first-order valence-corrected chi connectivity index (χ1v) is 4.47. The number of halogens is 1. The van der Waals surface area contributed by atoms with Crippen LogP contribution < -0.4 is 4.74 Å². The fourth-order valence-electron chi connectivity index (χ4n) is 1.37. The first-order valence-electron chi connectivity index (χ1n) is 4.10. The van der Waals surface area contributed by atoms with Gasteiger partial charge in [-0.15, -0.1) is 0 Å². The molecule has 1 heterocycles. The highest BCUT2D eigenvalue weighted by Crippen LogP contribution is 2.29. The quantitative estimate of drug-likeness (QED) is 0.655. The molecule has 0 unspecified atom stereocenters. The lowest BCUT2D eigenvalue weighted by Gasteiger charge is -2.20. The monoisotopic (exact) mass is 207 g/mol. The molecule has 1 aromatic carbocycles. The summed E-state index contributed by atoms with van der Waals surface area (Å²) in [5, 5.41) is 9.13. The average molecular weight is 208 g/mol. The maximum absolute atomic E-state index is 11.5. The van der Waals surface area contributed by atoms with Crippen LogP contribution in [0.5, 0.6) is 5.75 Å². The van der Waals surface area contributed by atoms with Gasteiger partial charge in [0, 0.05) is 5.02 Å². The lowest BCUT2D eigenvalue weighted by molar-refractivity contribution is 0.0898. The van der Waals surface area contributed by atoms with Crippen molar-refractivity contribution in [2.75, 3.05) is 0 Å². The minimum atomic E-state index is -0.670. The summed E-state index contributed by atoms with van der Waals surface area (Å²) in [6.07, 6.45) is -0.569. The Kier molecular flexibility index (Phi) is 2.14. The Morgan fingerprint density at radius 2 is 2.36 bits per heavy atom. The zero-order valence-electron chi connectivity index (χ0n) is 7.16. The number of Topliss-reactive ketones (excluding diaryl/α,β-unsaturated/α-hetero) is 1. The van der Waals surface area contributed by atoms with Crippen molar-refractivity contribution in [3.8, 4) is 11.8 Å². The topological polar surface area (TPSA) is 50.1 Å². The third-order valence-corrected chi connectivity index (χ3v) is 2.26. The number of ketones is 1. The summed E-state index contributed by atoms with van der Waals surface area (Å²) in [6.45, 7) is 0. The maximum Gasteiger partial charge on any atom is 0.191 e. The van der Waals surface area contributed by atoms with Crippen molar-refractivity contribution >= 4 is 17.4 Å². The zero-order chi connectivity index (χ0) is 10.1. The van der Waals surface area contributed by atoms with Crippen molar-refractivity contribution in [3.63, 3.8) is 0 Å². The molecule has 0 aromatic heterocycles. The first-order chi connectivity index (χ1) is 6.70. The molecule has 1 aliphatic heterocycles. The van der Waals surface area contributed by atoms with Gasteiger partial charge in [0.15, 0.2) is 11.9 Å². The van der Waals surface area contributed by atoms with Gasteiger partial charge < -0.3 is 4.74 Å². The van der Waals surface area contributed by atoms with E-state index in [0.29, 0.717) is 16.3 Å². The lowest BCUT2D eigenvalue weighted by Crippen LogP contribution is -2.25. The third-order valence-electron chi connectivity index (χ3n) is 2.03. The zero-order valence-corrected chi connectivity index (χ0v) is 7.91. The second-order valence-electron chi connectivity index (χ2n) is 3.00. The average Bonchev–Trinajstić information content (AvgIpc) is 2.19. The van der Waals surface area contributed by atoms with E-state index in [2.05, 4.69) is 0 Å². The number of rotatable bonds is 0. The lowest BCUT2D eigenvalue weighted by atomic mass is 10.0. The van der Waals surface area contributed by atoms with Crippen LogP contribution in [0.25, 0.3) is 0 Å². The molecule has 1 aromatic rings. The highest BCUT2D eigenvalue weighted by atomic mass is 35.5. The van der Waals surface area contributed by atoms with E-state index in [-0.39, 0.29) is 12.2 Å². The van der Waals surface area contributed by atoms with Crippen molar-refractivity contribution in [1.29, 1.82) is 5.26 Å². The van der Waals surface area contributed by atoms with Crippen LogP contribution >= 0.6 is 11.6 Å². The highest BCUT2D eigenvalue weighted by molar-refractivity contribution is 6.31. The number of carbonyl (C=O) groups excluding carboxylic acids is 1. The Bertz CT molecular complexity index is 436. The van der Waals surface area contributed by atoms with E-state index < -0.39 is 6.10 Å². The number of nitrogens with zero attached hydrogens (tertiary/aromatic N) is 1. The second-order valence-corrected chi connectivity index (χ2v) is 3.44. The number of fused-ring (bicyclic) bond motifs is 1. The van der Waals surface area contributed by atoms with Crippen LogP contribution in [0.15, 0.2) is 18.2 Å². The first kappa shape index (κ1) is 9.04. The second kappa shape index (κ2) is 3.32. The van der Waals surface area contributed by atoms with Crippen LogP contribution in [0.2, 0.25) is 5.02 Å². The van der Waals surface area contributed by atoms with Crippen molar-refractivity contribution in [2.24, 2.45) is 0 Å². The largest absolute Gasteiger partial charge is 0.474 e. The molecule has 0 radical (unpaired) electrons. The summed E-state index contributed by atoms with van der Waals surface area (Å²) in [7, 11) is 0. The van der Waals surface area contributed by atoms with Gasteiger partial charge >= 0.3 is 0 Å². The van der Waals surface area contributed by atoms with Crippen molar-refractivity contribution < 1.29 is 9.53 Å². The van der Waals surface area contributed by atoms with Crippen LogP contribution in [0.3, 0.4) is 0 Å². The van der Waals surface area contributed by atoms with E-state index in [0.717, 1.165) is 0 Å². The summed E-state index contributed by atoms with van der Waals surface area (Å²) in [4.78, 5) is 11.5. The molecule has 4 heteroatoms. The summed E-state index contributed by atoms with van der Waals surface area (Å²) < 4.78 is 5.27. The van der Waals surface area contributed by atoms with Gasteiger partial charge in [-0.3, -0.25) is 4.79 Å². The molecule has 14 heavy (non-hydrogen) atoms. The predicted molar refractivity (Wildman–Crippen MR) is 50.4 cm³/mol. The normalized spacial score (nSPS) is 19.4. The molecule has 0 fully saturated rings. The van der Waals surface area contributed by atoms with Gasteiger partial charge in [-0.05, 0) is 18.2 Å². The minimum absolute atomic E-state index is 0.0969. The molecule has 1 atom stereocenters. The van der Waals surface area contributed by atoms with Gasteiger partial charge in [0.25, 0.3) is 0 Å². The molecule has 2 rings (SSSR count). The highest BCUT2D eigenvalue weighted by Gasteiger charge is 2.26. The number of benzene rings is 1. The Morgan fingerprint density at radius 3 is 3.07 bits per heavy atom. The molecule has 0 aliphatic carbocycles. The van der Waals surface area contributed by atoms with Crippen LogP contribution in [0.1, 0.15) is 16.8 Å². The van der Waals surface area contributed by atoms with Crippen LogP contribution in [-0.4, -0.2) is 11.9 Å². The molecule has 70 valence electrons. The molecule has 0 saturated heterocycles. The summed E-state index contributed by atoms with van der Waals surface area (Å²) in [5.74, 6) is 0.345. The van der Waals surface area contributed by atoms with Gasteiger partial charge in [-0.25, -0.2) is 0 Å². The SMILES string of the molecule is N#C[C@@H]1CC(=O)c2cc(Cl)ccc2O1. The van der Waals surface area contributed by atoms with Crippen LogP contribution in [0, 0.1) is 11.3 Å². The molecule has 0 N–H and O–H groups in total.